The Labute approximate surface area is 97.6 Å². The van der Waals surface area contributed by atoms with Crippen molar-refractivity contribution in [3.05, 3.63) is 0 Å². The number of amides is 2. The van der Waals surface area contributed by atoms with Crippen LogP contribution in [0.3, 0.4) is 0 Å². The van der Waals surface area contributed by atoms with E-state index in [9.17, 15) is 9.59 Å². The van der Waals surface area contributed by atoms with Crippen LogP contribution in [0.5, 0.6) is 0 Å². The van der Waals surface area contributed by atoms with Crippen molar-refractivity contribution in [2.75, 3.05) is 32.7 Å². The summed E-state index contributed by atoms with van der Waals surface area (Å²) >= 11 is 0. The first kappa shape index (κ1) is 14.9. The highest BCUT2D eigenvalue weighted by Crippen LogP contribution is 1.87. The summed E-state index contributed by atoms with van der Waals surface area (Å²) in [7, 11) is 0. The molecule has 5 heteroatoms. The van der Waals surface area contributed by atoms with E-state index >= 15 is 0 Å². The summed E-state index contributed by atoms with van der Waals surface area (Å²) in [5, 5.41) is 5.68. The van der Waals surface area contributed by atoms with Gasteiger partial charge in [-0.3, -0.25) is 9.59 Å². The lowest BCUT2D eigenvalue weighted by Gasteiger charge is -2.18. The highest BCUT2D eigenvalue weighted by Gasteiger charge is 2.08. The molecule has 0 rings (SSSR count). The van der Waals surface area contributed by atoms with Gasteiger partial charge in [0.25, 0.3) is 0 Å². The summed E-state index contributed by atoms with van der Waals surface area (Å²) < 4.78 is 0. The lowest BCUT2D eigenvalue weighted by molar-refractivity contribution is -0.130. The third-order valence-electron chi connectivity index (χ3n) is 2.30. The third-order valence-corrected chi connectivity index (χ3v) is 2.30. The Bertz CT molecular complexity index is 215. The van der Waals surface area contributed by atoms with Gasteiger partial charge in [0, 0.05) is 32.6 Å². The molecule has 0 unspecified atom stereocenters. The molecule has 0 saturated heterocycles. The SMILES string of the molecule is CCNC(=O)CCNCC(=O)N(CC)CC. The van der Waals surface area contributed by atoms with E-state index in [0.717, 1.165) is 13.1 Å². The van der Waals surface area contributed by atoms with Gasteiger partial charge in [-0.1, -0.05) is 0 Å². The Kier molecular flexibility index (Phi) is 8.52. The van der Waals surface area contributed by atoms with Crippen LogP contribution in [0, 0.1) is 0 Å². The molecular formula is C11H23N3O2. The van der Waals surface area contributed by atoms with Gasteiger partial charge in [-0.05, 0) is 20.8 Å². The zero-order valence-corrected chi connectivity index (χ0v) is 10.5. The average molecular weight is 229 g/mol. The van der Waals surface area contributed by atoms with Crippen LogP contribution in [0.2, 0.25) is 0 Å². The highest BCUT2D eigenvalue weighted by molar-refractivity contribution is 5.78. The van der Waals surface area contributed by atoms with E-state index in [1.54, 1.807) is 4.90 Å². The third kappa shape index (κ3) is 6.40. The van der Waals surface area contributed by atoms with Crippen LogP contribution in [0.15, 0.2) is 0 Å². The molecule has 0 radical (unpaired) electrons. The van der Waals surface area contributed by atoms with Crippen LogP contribution in [-0.4, -0.2) is 49.4 Å². The van der Waals surface area contributed by atoms with Crippen molar-refractivity contribution >= 4 is 11.8 Å². The number of hydrogen-bond acceptors (Lipinski definition) is 3. The van der Waals surface area contributed by atoms with Crippen LogP contribution in [-0.2, 0) is 9.59 Å². The van der Waals surface area contributed by atoms with Gasteiger partial charge in [-0.2, -0.15) is 0 Å². The first-order valence-electron chi connectivity index (χ1n) is 5.90. The molecule has 0 aromatic heterocycles. The predicted molar refractivity (Wildman–Crippen MR) is 64.1 cm³/mol. The first-order chi connectivity index (χ1) is 7.65. The molecule has 0 aliphatic carbocycles. The molecular weight excluding hydrogens is 206 g/mol. The molecule has 0 aliphatic heterocycles. The quantitative estimate of drug-likeness (QED) is 0.575. The second-order valence-corrected chi connectivity index (χ2v) is 3.45. The molecule has 0 fully saturated rings. The standard InChI is InChI=1S/C11H23N3O2/c1-4-13-10(15)7-8-12-9-11(16)14(5-2)6-3/h12H,4-9H2,1-3H3,(H,13,15). The Hall–Kier alpha value is -1.10. The molecule has 0 aromatic carbocycles. The molecule has 0 spiro atoms. The maximum Gasteiger partial charge on any atom is 0.236 e. The number of hydrogen-bond donors (Lipinski definition) is 2. The molecule has 0 bridgehead atoms. The Morgan fingerprint density at radius 3 is 2.25 bits per heavy atom. The van der Waals surface area contributed by atoms with E-state index in [1.807, 2.05) is 20.8 Å². The second kappa shape index (κ2) is 9.15. The number of nitrogens with zero attached hydrogens (tertiary/aromatic N) is 1. The Morgan fingerprint density at radius 1 is 1.12 bits per heavy atom. The lowest BCUT2D eigenvalue weighted by atomic mass is 10.3. The zero-order chi connectivity index (χ0) is 12.4. The molecule has 0 aliphatic rings. The number of likely N-dealkylation sites (N-methyl/N-ethyl adjacent to an activating group) is 1. The van der Waals surface area contributed by atoms with E-state index in [0.29, 0.717) is 26.1 Å². The Balaban J connectivity index is 3.58. The predicted octanol–water partition coefficient (Wildman–Crippen LogP) is -0.0294. The van der Waals surface area contributed by atoms with Gasteiger partial charge < -0.3 is 15.5 Å². The molecule has 2 amide bonds. The van der Waals surface area contributed by atoms with E-state index in [1.165, 1.54) is 0 Å². The van der Waals surface area contributed by atoms with Gasteiger partial charge in [0.2, 0.25) is 11.8 Å². The van der Waals surface area contributed by atoms with Gasteiger partial charge in [0.15, 0.2) is 0 Å². The molecule has 5 nitrogen and oxygen atoms in total. The van der Waals surface area contributed by atoms with Crippen LogP contribution in [0.25, 0.3) is 0 Å². The lowest BCUT2D eigenvalue weighted by Crippen LogP contribution is -2.39. The summed E-state index contributed by atoms with van der Waals surface area (Å²) in [6, 6.07) is 0. The van der Waals surface area contributed by atoms with Crippen molar-refractivity contribution in [1.29, 1.82) is 0 Å². The fourth-order valence-corrected chi connectivity index (χ4v) is 1.37. The van der Waals surface area contributed by atoms with Crippen LogP contribution in [0.4, 0.5) is 0 Å². The summed E-state index contributed by atoms with van der Waals surface area (Å²) in [6.07, 6.45) is 0.416. The van der Waals surface area contributed by atoms with Crippen molar-refractivity contribution in [2.45, 2.75) is 27.2 Å². The molecule has 94 valence electrons. The maximum absolute atomic E-state index is 11.5. The summed E-state index contributed by atoms with van der Waals surface area (Å²) in [5.41, 5.74) is 0. The number of rotatable bonds is 8. The number of carbonyl (C=O) groups excluding carboxylic acids is 2. The monoisotopic (exact) mass is 229 g/mol. The molecule has 0 heterocycles. The topological polar surface area (TPSA) is 61.4 Å². The zero-order valence-electron chi connectivity index (χ0n) is 10.5. The van der Waals surface area contributed by atoms with Gasteiger partial charge in [-0.15, -0.1) is 0 Å². The highest BCUT2D eigenvalue weighted by atomic mass is 16.2. The molecule has 2 N–H and O–H groups in total. The van der Waals surface area contributed by atoms with Crippen molar-refractivity contribution in [2.24, 2.45) is 0 Å². The van der Waals surface area contributed by atoms with Gasteiger partial charge in [0.1, 0.15) is 0 Å². The van der Waals surface area contributed by atoms with Crippen molar-refractivity contribution < 1.29 is 9.59 Å². The molecule has 16 heavy (non-hydrogen) atoms. The molecule has 0 saturated carbocycles. The number of nitrogens with one attached hydrogen (secondary N) is 2. The van der Waals surface area contributed by atoms with Gasteiger partial charge >= 0.3 is 0 Å². The summed E-state index contributed by atoms with van der Waals surface area (Å²) in [6.45, 7) is 8.75. The molecule has 0 atom stereocenters. The molecule has 0 aromatic rings. The minimum Gasteiger partial charge on any atom is -0.356 e. The van der Waals surface area contributed by atoms with Crippen LogP contribution >= 0.6 is 0 Å². The fourth-order valence-electron chi connectivity index (χ4n) is 1.37. The largest absolute Gasteiger partial charge is 0.356 e. The summed E-state index contributed by atoms with van der Waals surface area (Å²) in [4.78, 5) is 24.4. The maximum atomic E-state index is 11.5. The number of carbonyl (C=O) groups is 2. The van der Waals surface area contributed by atoms with E-state index in [-0.39, 0.29) is 11.8 Å². The smallest absolute Gasteiger partial charge is 0.236 e. The normalized spacial score (nSPS) is 9.94. The first-order valence-corrected chi connectivity index (χ1v) is 5.90. The minimum absolute atomic E-state index is 0.0188. The van der Waals surface area contributed by atoms with Gasteiger partial charge in [-0.25, -0.2) is 0 Å². The van der Waals surface area contributed by atoms with E-state index in [2.05, 4.69) is 10.6 Å². The average Bonchev–Trinajstić information content (AvgIpc) is 2.26. The Morgan fingerprint density at radius 2 is 1.75 bits per heavy atom. The van der Waals surface area contributed by atoms with Crippen molar-refractivity contribution in [3.8, 4) is 0 Å². The van der Waals surface area contributed by atoms with E-state index in [4.69, 9.17) is 0 Å². The van der Waals surface area contributed by atoms with Crippen molar-refractivity contribution in [3.63, 3.8) is 0 Å². The van der Waals surface area contributed by atoms with Crippen LogP contribution in [0.1, 0.15) is 27.2 Å². The summed E-state index contributed by atoms with van der Waals surface area (Å²) in [5.74, 6) is 0.103. The minimum atomic E-state index is 0.0188. The van der Waals surface area contributed by atoms with Crippen LogP contribution < -0.4 is 10.6 Å². The van der Waals surface area contributed by atoms with E-state index < -0.39 is 0 Å². The fraction of sp³-hybridized carbons (Fsp3) is 0.818. The van der Waals surface area contributed by atoms with Gasteiger partial charge in [0.05, 0.1) is 6.54 Å². The van der Waals surface area contributed by atoms with Crippen molar-refractivity contribution in [1.82, 2.24) is 15.5 Å². The second-order valence-electron chi connectivity index (χ2n) is 3.45.